The molecular weight excluding hydrogens is 427 g/mol. The Hall–Kier alpha value is -4.42. The number of nitrogens with zero attached hydrogens (tertiary/aromatic N) is 8. The highest BCUT2D eigenvalue weighted by Crippen LogP contribution is 2.36. The number of hydrogen-bond acceptors (Lipinski definition) is 8. The van der Waals surface area contributed by atoms with E-state index in [1.165, 1.54) is 39.9 Å². The van der Waals surface area contributed by atoms with Gasteiger partial charge in [-0.1, -0.05) is 6.07 Å². The van der Waals surface area contributed by atoms with Crippen molar-refractivity contribution in [2.24, 2.45) is 7.05 Å². The predicted octanol–water partition coefficient (Wildman–Crippen LogP) is 2.59. The third-order valence-corrected chi connectivity index (χ3v) is 4.68. The van der Waals surface area contributed by atoms with Gasteiger partial charge in [0.2, 0.25) is 11.8 Å². The van der Waals surface area contributed by atoms with Crippen molar-refractivity contribution >= 4 is 28.2 Å². The third kappa shape index (κ3) is 3.19. The van der Waals surface area contributed by atoms with Gasteiger partial charge >= 0.3 is 6.18 Å². The maximum Gasteiger partial charge on any atom is 0.418 e. The van der Waals surface area contributed by atoms with Crippen LogP contribution in [0.15, 0.2) is 53.8 Å². The third-order valence-electron chi connectivity index (χ3n) is 4.68. The summed E-state index contributed by atoms with van der Waals surface area (Å²) in [6, 6.07) is 5.35. The van der Waals surface area contributed by atoms with Crippen LogP contribution >= 0.6 is 0 Å². The number of rotatable bonds is 3. The second-order valence-electron chi connectivity index (χ2n) is 6.70. The number of fused-ring (bicyclic) bond motifs is 3. The maximum atomic E-state index is 13.7. The van der Waals surface area contributed by atoms with Gasteiger partial charge in [-0.05, 0) is 18.2 Å². The first-order valence-electron chi connectivity index (χ1n) is 9.15. The van der Waals surface area contributed by atoms with Crippen molar-refractivity contribution in [1.29, 1.82) is 0 Å². The number of halogens is 3. The number of alkyl halides is 3. The number of hydrogen-bond donors (Lipinski definition) is 1. The number of aromatic nitrogens is 8. The molecule has 0 spiro atoms. The van der Waals surface area contributed by atoms with Crippen molar-refractivity contribution in [2.75, 3.05) is 5.32 Å². The van der Waals surface area contributed by atoms with Crippen molar-refractivity contribution in [1.82, 2.24) is 39.3 Å². The van der Waals surface area contributed by atoms with E-state index in [0.29, 0.717) is 5.69 Å². The van der Waals surface area contributed by atoms with Crippen LogP contribution in [0.3, 0.4) is 0 Å². The molecule has 160 valence electrons. The molecule has 0 bridgehead atoms. The molecule has 10 nitrogen and oxygen atoms in total. The van der Waals surface area contributed by atoms with Crippen LogP contribution in [0, 0.1) is 0 Å². The smallest absolute Gasteiger partial charge is 0.318 e. The van der Waals surface area contributed by atoms with Gasteiger partial charge in [-0.25, -0.2) is 15.0 Å². The minimum atomic E-state index is -4.65. The number of para-hydroxylation sites is 1. The van der Waals surface area contributed by atoms with Gasteiger partial charge in [-0.3, -0.25) is 14.5 Å². The Morgan fingerprint density at radius 2 is 1.91 bits per heavy atom. The van der Waals surface area contributed by atoms with E-state index in [1.54, 1.807) is 19.3 Å². The minimum Gasteiger partial charge on any atom is -0.318 e. The van der Waals surface area contributed by atoms with Crippen LogP contribution < -0.4 is 10.9 Å². The molecule has 4 heterocycles. The van der Waals surface area contributed by atoms with Crippen LogP contribution in [0.4, 0.5) is 24.8 Å². The average Bonchev–Trinajstić information content (AvgIpc) is 3.32. The zero-order valence-corrected chi connectivity index (χ0v) is 16.2. The molecule has 5 rings (SSSR count). The summed E-state index contributed by atoms with van der Waals surface area (Å²) in [4.78, 5) is 28.3. The molecule has 1 aromatic carbocycles. The number of anilines is 2. The maximum absolute atomic E-state index is 13.7. The van der Waals surface area contributed by atoms with E-state index < -0.39 is 17.3 Å². The van der Waals surface area contributed by atoms with Gasteiger partial charge in [0.1, 0.15) is 11.4 Å². The molecule has 0 saturated heterocycles. The molecule has 0 unspecified atom stereocenters. The van der Waals surface area contributed by atoms with E-state index in [9.17, 15) is 18.0 Å². The Kier molecular flexibility index (Phi) is 4.32. The van der Waals surface area contributed by atoms with Crippen LogP contribution in [-0.4, -0.2) is 39.3 Å². The highest BCUT2D eigenvalue weighted by Gasteiger charge is 2.34. The molecule has 0 atom stereocenters. The van der Waals surface area contributed by atoms with E-state index in [0.717, 1.165) is 6.07 Å². The number of nitrogens with one attached hydrogen (secondary N) is 1. The number of aryl methyl sites for hydroxylation is 1. The van der Waals surface area contributed by atoms with Gasteiger partial charge in [-0.15, -0.1) is 5.10 Å². The minimum absolute atomic E-state index is 0.0924. The average molecular weight is 439 g/mol. The van der Waals surface area contributed by atoms with E-state index >= 15 is 0 Å². The first-order chi connectivity index (χ1) is 15.3. The Bertz CT molecular complexity index is 1540. The van der Waals surface area contributed by atoms with Gasteiger partial charge in [0, 0.05) is 31.0 Å². The Morgan fingerprint density at radius 3 is 2.66 bits per heavy atom. The van der Waals surface area contributed by atoms with E-state index in [-0.39, 0.29) is 34.0 Å². The zero-order valence-electron chi connectivity index (χ0n) is 16.2. The molecular formula is C19H12F3N9O. The van der Waals surface area contributed by atoms with Crippen LogP contribution in [0.5, 0.6) is 0 Å². The molecule has 0 radical (unpaired) electrons. The molecule has 5 aromatic rings. The zero-order chi connectivity index (χ0) is 22.5. The summed E-state index contributed by atoms with van der Waals surface area (Å²) in [6.45, 7) is 0. The van der Waals surface area contributed by atoms with E-state index in [4.69, 9.17) is 0 Å². The van der Waals surface area contributed by atoms with Crippen LogP contribution in [0.1, 0.15) is 5.56 Å². The fourth-order valence-corrected chi connectivity index (χ4v) is 3.23. The Morgan fingerprint density at radius 1 is 1.06 bits per heavy atom. The molecule has 0 amide bonds. The SMILES string of the molecule is Cn1nccc1-c1nc2c3cccc(C(F)(F)F)c3nc(Nc3cnccnc3=O)n2n1. The van der Waals surface area contributed by atoms with Crippen molar-refractivity contribution in [2.45, 2.75) is 6.18 Å². The summed E-state index contributed by atoms with van der Waals surface area (Å²) < 4.78 is 43.8. The highest BCUT2D eigenvalue weighted by molar-refractivity contribution is 5.95. The van der Waals surface area contributed by atoms with Gasteiger partial charge in [0.25, 0.3) is 5.56 Å². The van der Waals surface area contributed by atoms with Crippen molar-refractivity contribution < 1.29 is 13.2 Å². The van der Waals surface area contributed by atoms with Gasteiger partial charge < -0.3 is 5.32 Å². The Labute approximate surface area is 176 Å². The second-order valence-corrected chi connectivity index (χ2v) is 6.70. The van der Waals surface area contributed by atoms with Crippen LogP contribution in [0.2, 0.25) is 0 Å². The van der Waals surface area contributed by atoms with Crippen molar-refractivity contribution in [3.63, 3.8) is 0 Å². The molecule has 32 heavy (non-hydrogen) atoms. The topological polar surface area (TPSA) is 116 Å². The predicted molar refractivity (Wildman–Crippen MR) is 107 cm³/mol. The Balaban J connectivity index is 1.84. The monoisotopic (exact) mass is 439 g/mol. The lowest BCUT2D eigenvalue weighted by Gasteiger charge is -2.12. The molecule has 0 saturated carbocycles. The fourth-order valence-electron chi connectivity index (χ4n) is 3.23. The summed E-state index contributed by atoms with van der Waals surface area (Å²) in [5, 5.41) is 11.3. The molecule has 13 heteroatoms. The van der Waals surface area contributed by atoms with E-state index in [2.05, 4.69) is 35.5 Å². The standard InChI is InChI=1S/C19H12F3N9O/c1-30-13(5-6-25-30)15-28-16-10-3-2-4-11(19(20,21)22)14(10)27-18(31(16)29-15)26-12-9-23-7-8-24-17(12)32/h2-9H,1H3,(H,24,26,27,32). The molecule has 4 aromatic heterocycles. The quantitative estimate of drug-likeness (QED) is 0.456. The van der Waals surface area contributed by atoms with Crippen LogP contribution in [-0.2, 0) is 13.2 Å². The van der Waals surface area contributed by atoms with Crippen molar-refractivity contribution in [3.8, 4) is 11.5 Å². The summed E-state index contributed by atoms with van der Waals surface area (Å²) in [6.07, 6.45) is 0.590. The van der Waals surface area contributed by atoms with Gasteiger partial charge in [0.15, 0.2) is 5.65 Å². The second kappa shape index (κ2) is 7.08. The molecule has 1 N–H and O–H groups in total. The van der Waals surface area contributed by atoms with Gasteiger partial charge in [0.05, 0.1) is 17.3 Å². The normalized spacial score (nSPS) is 11.9. The first kappa shape index (κ1) is 19.5. The highest BCUT2D eigenvalue weighted by atomic mass is 19.4. The lowest BCUT2D eigenvalue weighted by atomic mass is 10.1. The molecule has 0 aliphatic carbocycles. The first-order valence-corrected chi connectivity index (χ1v) is 9.15. The fraction of sp³-hybridized carbons (Fsp3) is 0.105. The summed E-state index contributed by atoms with van der Waals surface area (Å²) >= 11 is 0. The van der Waals surface area contributed by atoms with Gasteiger partial charge in [-0.2, -0.15) is 22.8 Å². The summed E-state index contributed by atoms with van der Waals surface area (Å²) in [5.74, 6) is 0.0639. The summed E-state index contributed by atoms with van der Waals surface area (Å²) in [7, 11) is 1.68. The largest absolute Gasteiger partial charge is 0.418 e. The summed E-state index contributed by atoms with van der Waals surface area (Å²) in [5.41, 5.74) is -1.39. The number of benzene rings is 1. The van der Waals surface area contributed by atoms with Crippen molar-refractivity contribution in [3.05, 3.63) is 65.0 Å². The molecule has 0 aliphatic heterocycles. The molecule has 0 aliphatic rings. The molecule has 0 fully saturated rings. The lowest BCUT2D eigenvalue weighted by Crippen LogP contribution is -2.13. The van der Waals surface area contributed by atoms with Crippen LogP contribution in [0.25, 0.3) is 28.1 Å². The lowest BCUT2D eigenvalue weighted by molar-refractivity contribution is -0.136. The van der Waals surface area contributed by atoms with E-state index in [1.807, 2.05) is 0 Å².